The predicted octanol–water partition coefficient (Wildman–Crippen LogP) is 2.61. The highest BCUT2D eigenvalue weighted by molar-refractivity contribution is 7.16. The van der Waals surface area contributed by atoms with E-state index in [0.717, 1.165) is 22.3 Å². The molecule has 2 atom stereocenters. The minimum absolute atomic E-state index is 0.131. The van der Waals surface area contributed by atoms with Crippen molar-refractivity contribution in [1.82, 2.24) is 4.98 Å². The molecule has 0 saturated heterocycles. The zero-order valence-corrected chi connectivity index (χ0v) is 11.3. The predicted molar refractivity (Wildman–Crippen MR) is 75.7 cm³/mol. The third-order valence-corrected chi connectivity index (χ3v) is 3.95. The van der Waals surface area contributed by atoms with E-state index in [9.17, 15) is 4.79 Å². The van der Waals surface area contributed by atoms with Crippen LogP contribution in [0.3, 0.4) is 0 Å². The third-order valence-electron chi connectivity index (χ3n) is 3.16. The summed E-state index contributed by atoms with van der Waals surface area (Å²) >= 11 is 1.55. The first-order valence-corrected chi connectivity index (χ1v) is 6.89. The Bertz CT molecular complexity index is 552. The van der Waals surface area contributed by atoms with Gasteiger partial charge in [-0.25, -0.2) is 4.98 Å². The molecule has 2 aromatic rings. The van der Waals surface area contributed by atoms with Crippen LogP contribution < -0.4 is 11.1 Å². The lowest BCUT2D eigenvalue weighted by Crippen LogP contribution is -2.40. The first-order valence-electron chi connectivity index (χ1n) is 6.01. The topological polar surface area (TPSA) is 68.0 Å². The summed E-state index contributed by atoms with van der Waals surface area (Å²) in [5.41, 5.74) is 9.40. The Morgan fingerprint density at radius 3 is 3.06 bits per heavy atom. The molecule has 0 spiro atoms. The van der Waals surface area contributed by atoms with Crippen LogP contribution in [-0.4, -0.2) is 16.9 Å². The molecule has 18 heavy (non-hydrogen) atoms. The molecule has 1 aromatic carbocycles. The van der Waals surface area contributed by atoms with E-state index in [0.29, 0.717) is 0 Å². The Balaban J connectivity index is 2.10. The second-order valence-electron chi connectivity index (χ2n) is 4.44. The van der Waals surface area contributed by atoms with Gasteiger partial charge in [-0.05, 0) is 24.1 Å². The molecule has 5 heteroatoms. The van der Waals surface area contributed by atoms with Gasteiger partial charge in [0.25, 0.3) is 0 Å². The molecule has 0 aliphatic rings. The van der Waals surface area contributed by atoms with E-state index in [1.165, 1.54) is 0 Å². The van der Waals surface area contributed by atoms with Crippen LogP contribution in [0.2, 0.25) is 0 Å². The van der Waals surface area contributed by atoms with E-state index in [2.05, 4.69) is 10.3 Å². The Kier molecular flexibility index (Phi) is 3.93. The van der Waals surface area contributed by atoms with Gasteiger partial charge in [-0.15, -0.1) is 11.3 Å². The van der Waals surface area contributed by atoms with Gasteiger partial charge < -0.3 is 11.1 Å². The number of anilines is 1. The van der Waals surface area contributed by atoms with Crippen molar-refractivity contribution in [3.63, 3.8) is 0 Å². The van der Waals surface area contributed by atoms with Crippen LogP contribution in [0.4, 0.5) is 5.69 Å². The molecule has 1 aromatic heterocycles. The molecular formula is C13H17N3OS. The summed E-state index contributed by atoms with van der Waals surface area (Å²) in [6.45, 7) is 4.01. The van der Waals surface area contributed by atoms with Gasteiger partial charge in [0.2, 0.25) is 5.91 Å². The van der Waals surface area contributed by atoms with Crippen molar-refractivity contribution in [2.24, 2.45) is 11.7 Å². The average Bonchev–Trinajstić information content (AvgIpc) is 2.84. The molecule has 4 nitrogen and oxygen atoms in total. The largest absolute Gasteiger partial charge is 0.325 e. The van der Waals surface area contributed by atoms with Crippen molar-refractivity contribution in [3.05, 3.63) is 23.7 Å². The quantitative estimate of drug-likeness (QED) is 0.891. The van der Waals surface area contributed by atoms with Gasteiger partial charge >= 0.3 is 0 Å². The lowest BCUT2D eigenvalue weighted by molar-refractivity contribution is -0.118. The van der Waals surface area contributed by atoms with Crippen molar-refractivity contribution >= 4 is 33.1 Å². The molecule has 0 fully saturated rings. The number of hydrogen-bond donors (Lipinski definition) is 2. The monoisotopic (exact) mass is 263 g/mol. The van der Waals surface area contributed by atoms with Crippen LogP contribution in [0.5, 0.6) is 0 Å². The third kappa shape index (κ3) is 2.68. The number of nitrogens with zero attached hydrogens (tertiary/aromatic N) is 1. The zero-order chi connectivity index (χ0) is 13.1. The van der Waals surface area contributed by atoms with Crippen LogP contribution in [0.1, 0.15) is 20.3 Å². The summed E-state index contributed by atoms with van der Waals surface area (Å²) in [6, 6.07) is 5.21. The number of hydrogen-bond acceptors (Lipinski definition) is 4. The normalized spacial score (nSPS) is 14.4. The fourth-order valence-corrected chi connectivity index (χ4v) is 2.39. The van der Waals surface area contributed by atoms with Crippen molar-refractivity contribution in [1.29, 1.82) is 0 Å². The Morgan fingerprint density at radius 2 is 2.33 bits per heavy atom. The van der Waals surface area contributed by atoms with E-state index in [-0.39, 0.29) is 11.8 Å². The van der Waals surface area contributed by atoms with E-state index in [1.807, 2.05) is 32.0 Å². The smallest absolute Gasteiger partial charge is 0.241 e. The van der Waals surface area contributed by atoms with Crippen molar-refractivity contribution < 1.29 is 4.79 Å². The van der Waals surface area contributed by atoms with Gasteiger partial charge in [0, 0.05) is 5.69 Å². The summed E-state index contributed by atoms with van der Waals surface area (Å²) in [5.74, 6) is 0.0466. The number of thiazole rings is 1. The van der Waals surface area contributed by atoms with Crippen molar-refractivity contribution in [3.8, 4) is 0 Å². The van der Waals surface area contributed by atoms with Crippen molar-refractivity contribution in [2.45, 2.75) is 26.3 Å². The van der Waals surface area contributed by atoms with Gasteiger partial charge in [0.15, 0.2) is 0 Å². The van der Waals surface area contributed by atoms with Crippen LogP contribution >= 0.6 is 11.3 Å². The first-order chi connectivity index (χ1) is 8.61. The molecule has 0 unspecified atom stereocenters. The Labute approximate surface area is 110 Å². The fraction of sp³-hybridized carbons (Fsp3) is 0.385. The molecule has 0 radical (unpaired) electrons. The van der Waals surface area contributed by atoms with E-state index < -0.39 is 6.04 Å². The molecule has 0 aliphatic heterocycles. The molecular weight excluding hydrogens is 246 g/mol. The lowest BCUT2D eigenvalue weighted by atomic mass is 9.99. The van der Waals surface area contributed by atoms with Gasteiger partial charge in [-0.2, -0.15) is 0 Å². The summed E-state index contributed by atoms with van der Waals surface area (Å²) in [6.07, 6.45) is 0.891. The average molecular weight is 263 g/mol. The van der Waals surface area contributed by atoms with Crippen LogP contribution in [0.25, 0.3) is 10.2 Å². The van der Waals surface area contributed by atoms with Gasteiger partial charge in [0.05, 0.1) is 21.8 Å². The van der Waals surface area contributed by atoms with E-state index >= 15 is 0 Å². The standard InChI is InChI=1S/C13H17N3OS/c1-3-8(2)12(14)13(17)16-9-4-5-10-11(6-9)18-7-15-10/h4-8,12H,3,14H2,1-2H3,(H,16,17)/t8-,12-/m0/s1. The van der Waals surface area contributed by atoms with Crippen LogP contribution in [0, 0.1) is 5.92 Å². The molecule has 0 aliphatic carbocycles. The molecule has 96 valence electrons. The van der Waals surface area contributed by atoms with Crippen molar-refractivity contribution in [2.75, 3.05) is 5.32 Å². The molecule has 1 amide bonds. The van der Waals surface area contributed by atoms with Gasteiger partial charge in [0.1, 0.15) is 0 Å². The molecule has 0 bridgehead atoms. The maximum atomic E-state index is 11.9. The second-order valence-corrected chi connectivity index (χ2v) is 5.32. The number of rotatable bonds is 4. The second kappa shape index (κ2) is 5.46. The number of nitrogens with two attached hydrogens (primary N) is 1. The zero-order valence-electron chi connectivity index (χ0n) is 10.5. The summed E-state index contributed by atoms with van der Waals surface area (Å²) in [4.78, 5) is 16.1. The highest BCUT2D eigenvalue weighted by atomic mass is 32.1. The fourth-order valence-electron chi connectivity index (χ4n) is 1.67. The number of amides is 1. The molecule has 0 saturated carbocycles. The highest BCUT2D eigenvalue weighted by Gasteiger charge is 2.19. The Hall–Kier alpha value is -1.46. The van der Waals surface area contributed by atoms with Crippen LogP contribution in [0.15, 0.2) is 23.7 Å². The first kappa shape index (κ1) is 13.0. The summed E-state index contributed by atoms with van der Waals surface area (Å²) in [7, 11) is 0. The molecule has 1 heterocycles. The lowest BCUT2D eigenvalue weighted by Gasteiger charge is -2.17. The number of carbonyl (C=O) groups is 1. The number of aromatic nitrogens is 1. The number of nitrogens with one attached hydrogen (secondary N) is 1. The summed E-state index contributed by atoms with van der Waals surface area (Å²) in [5, 5.41) is 2.85. The Morgan fingerprint density at radius 1 is 1.56 bits per heavy atom. The number of benzene rings is 1. The SMILES string of the molecule is CC[C@H](C)[C@H](N)C(=O)Nc1ccc2ncsc2c1. The molecule has 3 N–H and O–H groups in total. The van der Waals surface area contributed by atoms with E-state index in [1.54, 1.807) is 16.8 Å². The minimum atomic E-state index is -0.466. The number of fused-ring (bicyclic) bond motifs is 1. The maximum absolute atomic E-state index is 11.9. The van der Waals surface area contributed by atoms with Gasteiger partial charge in [-0.3, -0.25) is 4.79 Å². The summed E-state index contributed by atoms with van der Waals surface area (Å²) < 4.78 is 1.06. The highest BCUT2D eigenvalue weighted by Crippen LogP contribution is 2.22. The molecule has 2 rings (SSSR count). The minimum Gasteiger partial charge on any atom is -0.325 e. The maximum Gasteiger partial charge on any atom is 0.241 e. The van der Waals surface area contributed by atoms with E-state index in [4.69, 9.17) is 5.73 Å². The van der Waals surface area contributed by atoms with Crippen LogP contribution in [-0.2, 0) is 4.79 Å². The number of carbonyl (C=O) groups excluding carboxylic acids is 1. The van der Waals surface area contributed by atoms with Gasteiger partial charge in [-0.1, -0.05) is 20.3 Å².